The average Bonchev–Trinajstić information content (AvgIpc) is 3.28. The van der Waals surface area contributed by atoms with Crippen LogP contribution in [0.25, 0.3) is 10.9 Å². The molecule has 1 aromatic heterocycles. The first kappa shape index (κ1) is 21.3. The molecule has 9 heteroatoms. The fourth-order valence-corrected chi connectivity index (χ4v) is 4.65. The van der Waals surface area contributed by atoms with Gasteiger partial charge in [0, 0.05) is 37.6 Å². The largest absolute Gasteiger partial charge is 0.378 e. The van der Waals surface area contributed by atoms with Crippen LogP contribution in [0.1, 0.15) is 29.1 Å². The molecule has 2 N–H and O–H groups in total. The average molecular weight is 440 g/mol. The lowest BCUT2D eigenvalue weighted by Crippen LogP contribution is -2.47. The van der Waals surface area contributed by atoms with E-state index in [9.17, 15) is 9.59 Å². The first-order chi connectivity index (χ1) is 15.6. The highest BCUT2D eigenvalue weighted by Crippen LogP contribution is 2.28. The van der Waals surface area contributed by atoms with Crippen LogP contribution in [0.5, 0.6) is 0 Å². The molecule has 3 fully saturated rings. The standard InChI is InChI=1S/C23H29N5O4/c1-15-18(13-24-26-15)23(30)28-8-11-32-21(14-28)20-12-17(16-4-2-3-5-19(16)25-20)22(29)27-6-9-31-10-7-27/h2-5,12,15,18,21,24,26H,6-11,13-14H2,1H3. The second-order valence-electron chi connectivity index (χ2n) is 8.58. The molecular formula is C23H29N5O4. The Kier molecular flexibility index (Phi) is 6.05. The number of carbonyl (C=O) groups excluding carboxylic acids is 2. The molecule has 0 spiro atoms. The van der Waals surface area contributed by atoms with Gasteiger partial charge in [-0.25, -0.2) is 4.98 Å². The van der Waals surface area contributed by atoms with Gasteiger partial charge in [-0.1, -0.05) is 18.2 Å². The Morgan fingerprint density at radius 1 is 1.09 bits per heavy atom. The van der Waals surface area contributed by atoms with Crippen LogP contribution in [0, 0.1) is 5.92 Å². The maximum atomic E-state index is 13.4. The topological polar surface area (TPSA) is 96.0 Å². The van der Waals surface area contributed by atoms with E-state index in [-0.39, 0.29) is 29.9 Å². The van der Waals surface area contributed by atoms with E-state index >= 15 is 0 Å². The molecule has 0 radical (unpaired) electrons. The quantitative estimate of drug-likeness (QED) is 0.728. The second-order valence-corrected chi connectivity index (χ2v) is 8.58. The van der Waals surface area contributed by atoms with E-state index in [1.54, 1.807) is 0 Å². The Labute approximate surface area is 187 Å². The minimum atomic E-state index is -0.369. The lowest BCUT2D eigenvalue weighted by Gasteiger charge is -2.35. The Hall–Kier alpha value is -2.59. The summed E-state index contributed by atoms with van der Waals surface area (Å²) in [5, 5.41) is 0.827. The predicted molar refractivity (Wildman–Crippen MR) is 118 cm³/mol. The predicted octanol–water partition coefficient (Wildman–Crippen LogP) is 0.720. The number of amides is 2. The number of hydrazine groups is 1. The van der Waals surface area contributed by atoms with Crippen molar-refractivity contribution in [3.8, 4) is 0 Å². The summed E-state index contributed by atoms with van der Waals surface area (Å²) in [6.45, 7) is 6.32. The number of para-hydroxylation sites is 1. The van der Waals surface area contributed by atoms with E-state index in [4.69, 9.17) is 14.5 Å². The third-order valence-electron chi connectivity index (χ3n) is 6.55. The zero-order valence-corrected chi connectivity index (χ0v) is 18.3. The Bertz CT molecular complexity index is 1010. The molecule has 4 heterocycles. The third-order valence-corrected chi connectivity index (χ3v) is 6.55. The van der Waals surface area contributed by atoms with E-state index in [1.807, 2.05) is 47.1 Å². The number of hydrogen-bond donors (Lipinski definition) is 2. The SMILES string of the molecule is CC1NNCC1C(=O)N1CCOC(c2cc(C(=O)N3CCOCC3)c3ccccc3n2)C1. The van der Waals surface area contributed by atoms with Crippen molar-refractivity contribution >= 4 is 22.7 Å². The highest BCUT2D eigenvalue weighted by Gasteiger charge is 2.36. The van der Waals surface area contributed by atoms with E-state index in [2.05, 4.69) is 10.9 Å². The van der Waals surface area contributed by atoms with Crippen molar-refractivity contribution in [3.63, 3.8) is 0 Å². The summed E-state index contributed by atoms with van der Waals surface area (Å²) >= 11 is 0. The Morgan fingerprint density at radius 3 is 2.66 bits per heavy atom. The number of aromatic nitrogens is 1. The van der Waals surface area contributed by atoms with Gasteiger partial charge in [-0.3, -0.25) is 20.4 Å². The molecule has 3 aliphatic heterocycles. The van der Waals surface area contributed by atoms with Crippen LogP contribution < -0.4 is 10.9 Å². The first-order valence-electron chi connectivity index (χ1n) is 11.3. The van der Waals surface area contributed by atoms with E-state index in [0.29, 0.717) is 63.8 Å². The molecule has 0 bridgehead atoms. The van der Waals surface area contributed by atoms with Crippen molar-refractivity contribution in [2.45, 2.75) is 19.1 Å². The normalized spacial score (nSPS) is 26.5. The molecule has 0 saturated carbocycles. The van der Waals surface area contributed by atoms with Crippen LogP contribution in [0.3, 0.4) is 0 Å². The van der Waals surface area contributed by atoms with E-state index in [1.165, 1.54) is 0 Å². The lowest BCUT2D eigenvalue weighted by molar-refractivity contribution is -0.143. The number of rotatable bonds is 3. The fourth-order valence-electron chi connectivity index (χ4n) is 4.65. The van der Waals surface area contributed by atoms with Crippen molar-refractivity contribution in [2.75, 3.05) is 52.5 Å². The summed E-state index contributed by atoms with van der Waals surface area (Å²) in [5.74, 6) is -0.000649. The second kappa shape index (κ2) is 9.11. The number of pyridine rings is 1. The zero-order valence-electron chi connectivity index (χ0n) is 18.3. The van der Waals surface area contributed by atoms with Crippen LogP contribution in [0.4, 0.5) is 0 Å². The van der Waals surface area contributed by atoms with Crippen molar-refractivity contribution in [2.24, 2.45) is 5.92 Å². The maximum absolute atomic E-state index is 13.4. The first-order valence-corrected chi connectivity index (χ1v) is 11.3. The highest BCUT2D eigenvalue weighted by atomic mass is 16.5. The molecule has 3 atom stereocenters. The van der Waals surface area contributed by atoms with Gasteiger partial charge in [-0.15, -0.1) is 0 Å². The van der Waals surface area contributed by atoms with Gasteiger partial charge in [0.2, 0.25) is 5.91 Å². The number of nitrogens with zero attached hydrogens (tertiary/aromatic N) is 3. The summed E-state index contributed by atoms with van der Waals surface area (Å²) in [7, 11) is 0. The van der Waals surface area contributed by atoms with Gasteiger partial charge in [0.05, 0.1) is 49.1 Å². The number of morpholine rings is 2. The molecule has 3 unspecified atom stereocenters. The number of ether oxygens (including phenoxy) is 2. The number of nitrogens with one attached hydrogen (secondary N) is 2. The molecule has 5 rings (SSSR count). The molecule has 3 saturated heterocycles. The molecule has 2 aromatic rings. The number of hydrogen-bond acceptors (Lipinski definition) is 7. The van der Waals surface area contributed by atoms with Gasteiger partial charge in [-0.2, -0.15) is 0 Å². The highest BCUT2D eigenvalue weighted by molar-refractivity contribution is 6.06. The van der Waals surface area contributed by atoms with Gasteiger partial charge < -0.3 is 19.3 Å². The molecule has 0 aliphatic carbocycles. The van der Waals surface area contributed by atoms with Gasteiger partial charge >= 0.3 is 0 Å². The monoisotopic (exact) mass is 439 g/mol. The van der Waals surface area contributed by atoms with Crippen LogP contribution in [0.2, 0.25) is 0 Å². The summed E-state index contributed by atoms with van der Waals surface area (Å²) in [6, 6.07) is 9.61. The van der Waals surface area contributed by atoms with Crippen molar-refractivity contribution < 1.29 is 19.1 Å². The molecular weight excluding hydrogens is 410 g/mol. The van der Waals surface area contributed by atoms with Gasteiger partial charge in [0.1, 0.15) is 6.10 Å². The van der Waals surface area contributed by atoms with Gasteiger partial charge in [0.25, 0.3) is 5.91 Å². The molecule has 3 aliphatic rings. The number of carbonyl (C=O) groups is 2. The molecule has 1 aromatic carbocycles. The van der Waals surface area contributed by atoms with Crippen LogP contribution in [-0.2, 0) is 14.3 Å². The molecule has 9 nitrogen and oxygen atoms in total. The minimum Gasteiger partial charge on any atom is -0.378 e. The number of fused-ring (bicyclic) bond motifs is 1. The fraction of sp³-hybridized carbons (Fsp3) is 0.522. The summed E-state index contributed by atoms with van der Waals surface area (Å²) in [6.07, 6.45) is -0.369. The van der Waals surface area contributed by atoms with Crippen LogP contribution in [0.15, 0.2) is 30.3 Å². The summed E-state index contributed by atoms with van der Waals surface area (Å²) < 4.78 is 11.4. The maximum Gasteiger partial charge on any atom is 0.254 e. The molecule has 170 valence electrons. The van der Waals surface area contributed by atoms with Crippen molar-refractivity contribution in [3.05, 3.63) is 41.6 Å². The molecule has 32 heavy (non-hydrogen) atoms. The van der Waals surface area contributed by atoms with Gasteiger partial charge in [-0.05, 0) is 19.1 Å². The Morgan fingerprint density at radius 2 is 1.88 bits per heavy atom. The van der Waals surface area contributed by atoms with E-state index in [0.717, 1.165) is 10.9 Å². The summed E-state index contributed by atoms with van der Waals surface area (Å²) in [5.41, 5.74) is 8.24. The van der Waals surface area contributed by atoms with Crippen LogP contribution >= 0.6 is 0 Å². The van der Waals surface area contributed by atoms with Crippen molar-refractivity contribution in [1.29, 1.82) is 0 Å². The third kappa shape index (κ3) is 4.09. The summed E-state index contributed by atoms with van der Waals surface area (Å²) in [4.78, 5) is 34.9. The molecule has 2 amide bonds. The van der Waals surface area contributed by atoms with Gasteiger partial charge in [0.15, 0.2) is 0 Å². The van der Waals surface area contributed by atoms with Crippen LogP contribution in [-0.4, -0.2) is 85.2 Å². The Balaban J connectivity index is 1.43. The van der Waals surface area contributed by atoms with Crippen molar-refractivity contribution in [1.82, 2.24) is 25.6 Å². The lowest BCUT2D eigenvalue weighted by atomic mass is 10.0. The minimum absolute atomic E-state index is 0.0196. The van der Waals surface area contributed by atoms with E-state index < -0.39 is 0 Å². The number of benzene rings is 1. The zero-order chi connectivity index (χ0) is 22.1. The smallest absolute Gasteiger partial charge is 0.254 e.